The molecule has 2 heterocycles. The van der Waals surface area contributed by atoms with E-state index in [0.717, 1.165) is 24.6 Å². The van der Waals surface area contributed by atoms with Crippen LogP contribution in [0.15, 0.2) is 12.1 Å². The Kier molecular flexibility index (Phi) is 2.26. The monoisotopic (exact) mass is 220 g/mol. The molecule has 2 aliphatic heterocycles. The van der Waals surface area contributed by atoms with Gasteiger partial charge in [-0.3, -0.25) is 0 Å². The van der Waals surface area contributed by atoms with Gasteiger partial charge in [0.2, 0.25) is 6.79 Å². The van der Waals surface area contributed by atoms with Crippen LogP contribution in [0, 0.1) is 0 Å². The van der Waals surface area contributed by atoms with E-state index in [-0.39, 0.29) is 0 Å². The Labute approximate surface area is 95.1 Å². The quantitative estimate of drug-likeness (QED) is 0.769. The predicted octanol–water partition coefficient (Wildman–Crippen LogP) is 1.12. The van der Waals surface area contributed by atoms with Gasteiger partial charge in [-0.15, -0.1) is 0 Å². The fourth-order valence-corrected chi connectivity index (χ4v) is 2.38. The van der Waals surface area contributed by atoms with Crippen LogP contribution in [0.1, 0.15) is 17.2 Å². The van der Waals surface area contributed by atoms with Crippen molar-refractivity contribution in [1.82, 2.24) is 10.2 Å². The Morgan fingerprint density at radius 2 is 2.00 bits per heavy atom. The standard InChI is InChI=1S/C12H16N2O2/c1-14(2)10-6-13-5-8-3-11-12(4-9(8)10)16-7-15-11/h3-4,10,13H,5-7H2,1-2H3/t10-/m1/s1. The second-order valence-electron chi connectivity index (χ2n) is 4.51. The number of benzene rings is 1. The van der Waals surface area contributed by atoms with Crippen LogP contribution in [0.2, 0.25) is 0 Å². The van der Waals surface area contributed by atoms with E-state index < -0.39 is 0 Å². The van der Waals surface area contributed by atoms with Crippen LogP contribution in [0.3, 0.4) is 0 Å². The molecule has 3 rings (SSSR count). The predicted molar refractivity (Wildman–Crippen MR) is 60.7 cm³/mol. The van der Waals surface area contributed by atoms with Crippen molar-refractivity contribution < 1.29 is 9.47 Å². The van der Waals surface area contributed by atoms with E-state index in [4.69, 9.17) is 9.47 Å². The zero-order valence-electron chi connectivity index (χ0n) is 9.62. The lowest BCUT2D eigenvalue weighted by Gasteiger charge is -2.31. The summed E-state index contributed by atoms with van der Waals surface area (Å²) in [6, 6.07) is 4.64. The first-order chi connectivity index (χ1) is 7.75. The van der Waals surface area contributed by atoms with Crippen molar-refractivity contribution in [3.05, 3.63) is 23.3 Å². The van der Waals surface area contributed by atoms with Gasteiger partial charge < -0.3 is 19.7 Å². The summed E-state index contributed by atoms with van der Waals surface area (Å²) in [5.74, 6) is 1.76. The Hall–Kier alpha value is -1.26. The van der Waals surface area contributed by atoms with Gasteiger partial charge in [0.1, 0.15) is 0 Å². The number of rotatable bonds is 1. The van der Waals surface area contributed by atoms with Crippen molar-refractivity contribution in [2.45, 2.75) is 12.6 Å². The Bertz CT molecular complexity index is 418. The van der Waals surface area contributed by atoms with Crippen molar-refractivity contribution in [3.8, 4) is 11.5 Å². The Balaban J connectivity index is 2.06. The van der Waals surface area contributed by atoms with Gasteiger partial charge in [-0.2, -0.15) is 0 Å². The minimum absolute atomic E-state index is 0.346. The number of fused-ring (bicyclic) bond motifs is 2. The molecular weight excluding hydrogens is 204 g/mol. The molecule has 4 nitrogen and oxygen atoms in total. The molecule has 0 saturated carbocycles. The highest BCUT2D eigenvalue weighted by Crippen LogP contribution is 2.38. The highest BCUT2D eigenvalue weighted by molar-refractivity contribution is 5.50. The molecule has 0 aromatic heterocycles. The van der Waals surface area contributed by atoms with E-state index in [1.54, 1.807) is 0 Å². The summed E-state index contributed by atoms with van der Waals surface area (Å²) in [4.78, 5) is 2.23. The first-order valence-corrected chi connectivity index (χ1v) is 5.55. The van der Waals surface area contributed by atoms with E-state index in [9.17, 15) is 0 Å². The molecule has 0 aliphatic carbocycles. The summed E-state index contributed by atoms with van der Waals surface area (Å²) in [6.07, 6.45) is 0. The van der Waals surface area contributed by atoms with E-state index in [0.29, 0.717) is 12.8 Å². The summed E-state index contributed by atoms with van der Waals surface area (Å²) in [7, 11) is 4.21. The first-order valence-electron chi connectivity index (χ1n) is 5.55. The van der Waals surface area contributed by atoms with Crippen LogP contribution >= 0.6 is 0 Å². The average molecular weight is 220 g/mol. The van der Waals surface area contributed by atoms with Gasteiger partial charge in [-0.1, -0.05) is 0 Å². The molecule has 0 amide bonds. The maximum atomic E-state index is 5.43. The van der Waals surface area contributed by atoms with Crippen LogP contribution in [0.25, 0.3) is 0 Å². The van der Waals surface area contributed by atoms with Crippen molar-refractivity contribution in [3.63, 3.8) is 0 Å². The zero-order valence-corrected chi connectivity index (χ0v) is 9.62. The highest BCUT2D eigenvalue weighted by Gasteiger charge is 2.25. The average Bonchev–Trinajstić information content (AvgIpc) is 2.71. The van der Waals surface area contributed by atoms with Crippen molar-refractivity contribution in [2.24, 2.45) is 0 Å². The third-order valence-electron chi connectivity index (χ3n) is 3.27. The van der Waals surface area contributed by atoms with Crippen LogP contribution in [-0.4, -0.2) is 32.3 Å². The van der Waals surface area contributed by atoms with Gasteiger partial charge >= 0.3 is 0 Å². The van der Waals surface area contributed by atoms with Crippen molar-refractivity contribution in [1.29, 1.82) is 0 Å². The highest BCUT2D eigenvalue weighted by atomic mass is 16.7. The molecule has 0 spiro atoms. The minimum Gasteiger partial charge on any atom is -0.454 e. The third-order valence-corrected chi connectivity index (χ3v) is 3.27. The molecule has 2 aliphatic rings. The Morgan fingerprint density at radius 1 is 1.25 bits per heavy atom. The topological polar surface area (TPSA) is 33.7 Å². The molecular formula is C12H16N2O2. The first kappa shape index (κ1) is 9.93. The van der Waals surface area contributed by atoms with Crippen LogP contribution in [0.5, 0.6) is 11.5 Å². The van der Waals surface area contributed by atoms with Crippen LogP contribution in [-0.2, 0) is 6.54 Å². The maximum Gasteiger partial charge on any atom is 0.231 e. The molecule has 1 atom stereocenters. The van der Waals surface area contributed by atoms with Gasteiger partial charge in [0.05, 0.1) is 0 Å². The summed E-state index contributed by atoms with van der Waals surface area (Å²) in [5.41, 5.74) is 2.67. The number of likely N-dealkylation sites (N-methyl/N-ethyl adjacent to an activating group) is 1. The molecule has 0 unspecified atom stereocenters. The van der Waals surface area contributed by atoms with Gasteiger partial charge in [-0.05, 0) is 37.4 Å². The molecule has 1 aromatic carbocycles. The number of ether oxygens (including phenoxy) is 2. The largest absolute Gasteiger partial charge is 0.454 e. The third kappa shape index (κ3) is 1.45. The zero-order chi connectivity index (χ0) is 11.1. The number of hydrogen-bond acceptors (Lipinski definition) is 4. The fraction of sp³-hybridized carbons (Fsp3) is 0.500. The summed E-state index contributed by atoms with van der Waals surface area (Å²) >= 11 is 0. The Morgan fingerprint density at radius 3 is 2.75 bits per heavy atom. The van der Waals surface area contributed by atoms with Crippen LogP contribution < -0.4 is 14.8 Å². The van der Waals surface area contributed by atoms with Crippen molar-refractivity contribution >= 4 is 0 Å². The fourth-order valence-electron chi connectivity index (χ4n) is 2.38. The van der Waals surface area contributed by atoms with E-state index in [1.165, 1.54) is 11.1 Å². The second-order valence-corrected chi connectivity index (χ2v) is 4.51. The second kappa shape index (κ2) is 3.64. The summed E-state index contributed by atoms with van der Waals surface area (Å²) in [5, 5.41) is 3.43. The minimum atomic E-state index is 0.346. The lowest BCUT2D eigenvalue weighted by Crippen LogP contribution is -2.35. The number of hydrogen-bond donors (Lipinski definition) is 1. The van der Waals surface area contributed by atoms with E-state index in [1.807, 2.05) is 0 Å². The lowest BCUT2D eigenvalue weighted by atomic mass is 9.95. The molecule has 0 saturated heterocycles. The molecule has 0 radical (unpaired) electrons. The van der Waals surface area contributed by atoms with Gasteiger partial charge in [0.15, 0.2) is 11.5 Å². The van der Waals surface area contributed by atoms with Gasteiger partial charge in [0.25, 0.3) is 0 Å². The molecule has 0 bridgehead atoms. The number of nitrogens with one attached hydrogen (secondary N) is 1. The van der Waals surface area contributed by atoms with Crippen LogP contribution in [0.4, 0.5) is 0 Å². The molecule has 16 heavy (non-hydrogen) atoms. The van der Waals surface area contributed by atoms with E-state index in [2.05, 4.69) is 36.4 Å². The smallest absolute Gasteiger partial charge is 0.231 e. The maximum absolute atomic E-state index is 5.43. The lowest BCUT2D eigenvalue weighted by molar-refractivity contribution is 0.174. The SMILES string of the molecule is CN(C)[C@@H]1CNCc2cc3c(cc21)OCO3. The molecule has 1 aromatic rings. The molecule has 4 heteroatoms. The van der Waals surface area contributed by atoms with E-state index >= 15 is 0 Å². The molecule has 86 valence electrons. The van der Waals surface area contributed by atoms with Gasteiger partial charge in [-0.25, -0.2) is 0 Å². The molecule has 1 N–H and O–H groups in total. The molecule has 0 fully saturated rings. The number of nitrogens with zero attached hydrogens (tertiary/aromatic N) is 1. The van der Waals surface area contributed by atoms with Gasteiger partial charge in [0, 0.05) is 19.1 Å². The summed E-state index contributed by atoms with van der Waals surface area (Å²) in [6.45, 7) is 2.24. The van der Waals surface area contributed by atoms with Crippen molar-refractivity contribution in [2.75, 3.05) is 27.4 Å². The normalized spacial score (nSPS) is 22.3. The summed E-state index contributed by atoms with van der Waals surface area (Å²) < 4.78 is 10.8.